The molecule has 8 nitrogen and oxygen atoms in total. The summed E-state index contributed by atoms with van der Waals surface area (Å²) < 4.78 is 12.7. The molecule has 2 amide bonds. The van der Waals surface area contributed by atoms with Crippen molar-refractivity contribution in [1.82, 2.24) is 20.4 Å². The minimum absolute atomic E-state index is 0.131. The number of carbonyl (C=O) groups excluding carboxylic acids is 2. The van der Waals surface area contributed by atoms with Gasteiger partial charge in [0, 0.05) is 17.7 Å². The van der Waals surface area contributed by atoms with E-state index in [0.717, 1.165) is 49.3 Å². The number of imidazole rings is 1. The molecule has 0 fully saturated rings. The van der Waals surface area contributed by atoms with Gasteiger partial charge >= 0.3 is 0 Å². The van der Waals surface area contributed by atoms with Crippen molar-refractivity contribution in [3.63, 3.8) is 0 Å². The summed E-state index contributed by atoms with van der Waals surface area (Å²) in [4.78, 5) is 30.1. The molecule has 0 saturated heterocycles. The molecule has 0 aliphatic carbocycles. The van der Waals surface area contributed by atoms with E-state index in [2.05, 4.69) is 20.4 Å². The third-order valence-electron chi connectivity index (χ3n) is 5.54. The number of rotatable bonds is 3. The van der Waals surface area contributed by atoms with Crippen LogP contribution in [-0.4, -0.2) is 28.2 Å². The Bertz CT molecular complexity index is 1140. The monoisotopic (exact) mass is 418 g/mol. The minimum atomic E-state index is -0.444. The molecule has 0 atom stereocenters. The molecule has 5 rings (SSSR count). The predicted molar refractivity (Wildman–Crippen MR) is 113 cm³/mol. The van der Waals surface area contributed by atoms with Gasteiger partial charge in [-0.25, -0.2) is 4.98 Å². The van der Waals surface area contributed by atoms with Crippen LogP contribution >= 0.6 is 0 Å². The van der Waals surface area contributed by atoms with E-state index in [1.165, 1.54) is 0 Å². The fourth-order valence-electron chi connectivity index (χ4n) is 3.99. The van der Waals surface area contributed by atoms with Crippen molar-refractivity contribution in [3.05, 3.63) is 65.5 Å². The summed E-state index contributed by atoms with van der Waals surface area (Å²) in [6.45, 7) is 0.954. The molecule has 3 aromatic rings. The summed E-state index contributed by atoms with van der Waals surface area (Å²) in [5.41, 5.74) is 7.58. The van der Waals surface area contributed by atoms with Crippen molar-refractivity contribution in [2.45, 2.75) is 32.2 Å². The topological polar surface area (TPSA) is 94.5 Å². The van der Waals surface area contributed by atoms with Crippen molar-refractivity contribution in [2.24, 2.45) is 0 Å². The quantitative estimate of drug-likeness (QED) is 0.638. The Kier molecular flexibility index (Phi) is 5.03. The molecule has 2 aromatic carbocycles. The Labute approximate surface area is 179 Å². The highest BCUT2D eigenvalue weighted by Crippen LogP contribution is 2.32. The Morgan fingerprint density at radius 2 is 1.71 bits per heavy atom. The van der Waals surface area contributed by atoms with Gasteiger partial charge in [0.05, 0.1) is 5.69 Å². The summed E-state index contributed by atoms with van der Waals surface area (Å²) >= 11 is 0. The average molecular weight is 418 g/mol. The maximum absolute atomic E-state index is 13.0. The second-order valence-corrected chi connectivity index (χ2v) is 7.54. The molecule has 0 unspecified atom stereocenters. The summed E-state index contributed by atoms with van der Waals surface area (Å²) in [6, 6.07) is 14.7. The van der Waals surface area contributed by atoms with E-state index in [1.54, 1.807) is 18.2 Å². The number of hydrogen-bond acceptors (Lipinski definition) is 5. The Morgan fingerprint density at radius 1 is 0.903 bits per heavy atom. The van der Waals surface area contributed by atoms with Gasteiger partial charge in [-0.15, -0.1) is 0 Å². The molecule has 31 heavy (non-hydrogen) atoms. The number of hydrazine groups is 1. The van der Waals surface area contributed by atoms with Crippen molar-refractivity contribution < 1.29 is 19.1 Å². The Hall–Kier alpha value is -3.81. The lowest BCUT2D eigenvalue weighted by atomic mass is 10.1. The van der Waals surface area contributed by atoms with Crippen molar-refractivity contribution in [1.29, 1.82) is 0 Å². The first-order valence-corrected chi connectivity index (χ1v) is 10.4. The molecule has 2 N–H and O–H groups in total. The fourth-order valence-corrected chi connectivity index (χ4v) is 3.99. The molecular weight excluding hydrogens is 396 g/mol. The zero-order valence-electron chi connectivity index (χ0n) is 16.9. The van der Waals surface area contributed by atoms with Crippen molar-refractivity contribution in [3.8, 4) is 22.9 Å². The van der Waals surface area contributed by atoms with E-state index in [4.69, 9.17) is 9.47 Å². The van der Waals surface area contributed by atoms with Gasteiger partial charge in [0.15, 0.2) is 17.2 Å². The van der Waals surface area contributed by atoms with Gasteiger partial charge in [0.25, 0.3) is 11.8 Å². The van der Waals surface area contributed by atoms with E-state index < -0.39 is 11.8 Å². The molecule has 8 heteroatoms. The van der Waals surface area contributed by atoms with Crippen molar-refractivity contribution >= 4 is 11.8 Å². The van der Waals surface area contributed by atoms with Crippen LogP contribution in [0.15, 0.2) is 48.5 Å². The lowest BCUT2D eigenvalue weighted by Gasteiger charge is -2.09. The number of amides is 2. The largest absolute Gasteiger partial charge is 0.454 e. The first kappa shape index (κ1) is 19.2. The third kappa shape index (κ3) is 3.72. The number of aromatic nitrogens is 2. The van der Waals surface area contributed by atoms with Crippen LogP contribution in [0.4, 0.5) is 0 Å². The van der Waals surface area contributed by atoms with Crippen LogP contribution in [0.3, 0.4) is 0 Å². The van der Waals surface area contributed by atoms with Crippen LogP contribution in [0.2, 0.25) is 0 Å². The number of hydrogen-bond donors (Lipinski definition) is 2. The third-order valence-corrected chi connectivity index (χ3v) is 5.54. The number of carbonyl (C=O) groups is 2. The highest BCUT2D eigenvalue weighted by atomic mass is 16.7. The smallest absolute Gasteiger partial charge is 0.290 e. The van der Waals surface area contributed by atoms with Gasteiger partial charge in [-0.2, -0.15) is 0 Å². The zero-order chi connectivity index (χ0) is 21.2. The van der Waals surface area contributed by atoms with Gasteiger partial charge in [0.2, 0.25) is 6.79 Å². The number of fused-ring (bicyclic) bond motifs is 2. The highest BCUT2D eigenvalue weighted by molar-refractivity contribution is 5.99. The summed E-state index contributed by atoms with van der Waals surface area (Å²) in [7, 11) is 0. The molecule has 0 spiro atoms. The van der Waals surface area contributed by atoms with Gasteiger partial charge in [-0.05, 0) is 37.5 Å². The maximum atomic E-state index is 13.0. The second-order valence-electron chi connectivity index (χ2n) is 7.54. The average Bonchev–Trinajstić information content (AvgIpc) is 3.34. The molecule has 2 aliphatic rings. The summed E-state index contributed by atoms with van der Waals surface area (Å²) in [6.07, 6.45) is 3.94. The molecule has 3 heterocycles. The normalized spacial score (nSPS) is 14.5. The molecule has 0 radical (unpaired) electrons. The first-order chi connectivity index (χ1) is 15.2. The summed E-state index contributed by atoms with van der Waals surface area (Å²) in [5, 5.41) is 0. The number of benzene rings is 2. The van der Waals surface area contributed by atoms with Crippen LogP contribution in [0.5, 0.6) is 11.5 Å². The lowest BCUT2D eigenvalue weighted by Crippen LogP contribution is -2.42. The zero-order valence-corrected chi connectivity index (χ0v) is 16.9. The summed E-state index contributed by atoms with van der Waals surface area (Å²) in [5.74, 6) is 1.01. The second kappa shape index (κ2) is 8.14. The van der Waals surface area contributed by atoms with Gasteiger partial charge < -0.3 is 14.0 Å². The highest BCUT2D eigenvalue weighted by Gasteiger charge is 2.25. The number of ether oxygens (including phenoxy) is 2. The van der Waals surface area contributed by atoms with E-state index in [1.807, 2.05) is 30.3 Å². The molecule has 0 bridgehead atoms. The number of nitrogens with zero attached hydrogens (tertiary/aromatic N) is 2. The van der Waals surface area contributed by atoms with E-state index in [0.29, 0.717) is 22.8 Å². The lowest BCUT2D eigenvalue weighted by molar-refractivity contribution is 0.0843. The molecule has 158 valence electrons. The molecule has 0 saturated carbocycles. The molecular formula is C23H22N4O4. The van der Waals surface area contributed by atoms with Crippen LogP contribution in [0, 0.1) is 0 Å². The van der Waals surface area contributed by atoms with Gasteiger partial charge in [-0.3, -0.25) is 20.4 Å². The molecule has 2 aliphatic heterocycles. The minimum Gasteiger partial charge on any atom is -0.454 e. The standard InChI is InChI=1S/C23H22N4O4/c28-22(16-10-11-18-19(13-16)31-14-30-18)25-26-23(29)20-17-9-5-2-6-12-27(17)21(24-20)15-7-3-1-4-8-15/h1,3-4,7-8,10-11,13H,2,5-6,9,12,14H2,(H,25,28)(H,26,29). The van der Waals surface area contributed by atoms with Crippen LogP contribution in [0.1, 0.15) is 45.8 Å². The Balaban J connectivity index is 1.36. The number of nitrogens with one attached hydrogen (secondary N) is 2. The molecule has 1 aromatic heterocycles. The predicted octanol–water partition coefficient (Wildman–Crippen LogP) is 3.08. The van der Waals surface area contributed by atoms with Crippen LogP contribution in [0.25, 0.3) is 11.4 Å². The van der Waals surface area contributed by atoms with Crippen molar-refractivity contribution in [2.75, 3.05) is 6.79 Å². The van der Waals surface area contributed by atoms with E-state index >= 15 is 0 Å². The van der Waals surface area contributed by atoms with E-state index in [9.17, 15) is 9.59 Å². The SMILES string of the molecule is O=C(NNC(=O)c1nc(-c2ccccc2)n2c1CCCCC2)c1ccc2c(c1)OCO2. The maximum Gasteiger partial charge on any atom is 0.290 e. The van der Waals surface area contributed by atoms with Gasteiger partial charge in [-0.1, -0.05) is 36.8 Å². The first-order valence-electron chi connectivity index (χ1n) is 10.4. The van der Waals surface area contributed by atoms with E-state index in [-0.39, 0.29) is 6.79 Å². The van der Waals surface area contributed by atoms with Gasteiger partial charge in [0.1, 0.15) is 5.82 Å². The fraction of sp³-hybridized carbons (Fsp3) is 0.261. The Morgan fingerprint density at radius 3 is 2.58 bits per heavy atom. The van der Waals surface area contributed by atoms with Crippen LogP contribution < -0.4 is 20.3 Å². The van der Waals surface area contributed by atoms with Crippen LogP contribution in [-0.2, 0) is 13.0 Å².